The number of rotatable bonds is 5. The third-order valence-corrected chi connectivity index (χ3v) is 6.23. The van der Waals surface area contributed by atoms with E-state index < -0.39 is 10.0 Å². The van der Waals surface area contributed by atoms with E-state index >= 15 is 0 Å². The fourth-order valence-electron chi connectivity index (χ4n) is 2.78. The highest BCUT2D eigenvalue weighted by atomic mass is 32.2. The molecule has 0 amide bonds. The Kier molecular flexibility index (Phi) is 5.41. The highest BCUT2D eigenvalue weighted by Gasteiger charge is 2.25. The van der Waals surface area contributed by atoms with E-state index in [-0.39, 0.29) is 0 Å². The van der Waals surface area contributed by atoms with Crippen LogP contribution in [0.1, 0.15) is 25.3 Å². The zero-order valence-corrected chi connectivity index (χ0v) is 14.1. The average molecular weight is 310 g/mol. The maximum Gasteiger partial charge on any atom is 0.242 e. The fraction of sp³-hybridized carbons (Fsp3) is 0.625. The van der Waals surface area contributed by atoms with Crippen LogP contribution in [0.3, 0.4) is 0 Å². The number of benzene rings is 1. The van der Waals surface area contributed by atoms with Gasteiger partial charge in [0.05, 0.1) is 4.90 Å². The van der Waals surface area contributed by atoms with Crippen molar-refractivity contribution in [2.24, 2.45) is 5.92 Å². The van der Waals surface area contributed by atoms with Crippen LogP contribution in [0.2, 0.25) is 0 Å². The van der Waals surface area contributed by atoms with Gasteiger partial charge in [-0.1, -0.05) is 19.1 Å². The zero-order valence-electron chi connectivity index (χ0n) is 13.2. The SMILES string of the molecule is CCc1ccc(S(=O)(=O)N(C)CC2CCN(C)CC2)cc1. The summed E-state index contributed by atoms with van der Waals surface area (Å²) in [6, 6.07) is 7.24. The predicted molar refractivity (Wildman–Crippen MR) is 85.9 cm³/mol. The lowest BCUT2D eigenvalue weighted by molar-refractivity contribution is 0.202. The molecule has 1 aromatic rings. The normalized spacial score (nSPS) is 18.3. The average Bonchev–Trinajstić information content (AvgIpc) is 2.49. The third-order valence-electron chi connectivity index (χ3n) is 4.39. The van der Waals surface area contributed by atoms with Gasteiger partial charge in [-0.05, 0) is 63.0 Å². The van der Waals surface area contributed by atoms with Gasteiger partial charge in [0.2, 0.25) is 10.0 Å². The molecular weight excluding hydrogens is 284 g/mol. The lowest BCUT2D eigenvalue weighted by atomic mass is 9.97. The molecule has 2 rings (SSSR count). The van der Waals surface area contributed by atoms with Gasteiger partial charge in [0.1, 0.15) is 0 Å². The molecule has 1 fully saturated rings. The molecular formula is C16H26N2O2S. The highest BCUT2D eigenvalue weighted by molar-refractivity contribution is 7.89. The maximum atomic E-state index is 12.6. The quantitative estimate of drug-likeness (QED) is 0.837. The second-order valence-corrected chi connectivity index (χ2v) is 8.07. The van der Waals surface area contributed by atoms with Crippen molar-refractivity contribution in [3.8, 4) is 0 Å². The lowest BCUT2D eigenvalue weighted by Gasteiger charge is -2.31. The van der Waals surface area contributed by atoms with E-state index in [4.69, 9.17) is 0 Å². The van der Waals surface area contributed by atoms with Gasteiger partial charge in [-0.25, -0.2) is 12.7 Å². The zero-order chi connectivity index (χ0) is 15.5. The van der Waals surface area contributed by atoms with Gasteiger partial charge in [0.15, 0.2) is 0 Å². The minimum Gasteiger partial charge on any atom is -0.306 e. The second-order valence-electron chi connectivity index (χ2n) is 6.03. The molecule has 0 unspecified atom stereocenters. The molecule has 5 heteroatoms. The molecule has 0 radical (unpaired) electrons. The molecule has 0 atom stereocenters. The molecule has 4 nitrogen and oxygen atoms in total. The Bertz CT molecular complexity index is 546. The molecule has 1 aromatic carbocycles. The largest absolute Gasteiger partial charge is 0.306 e. The summed E-state index contributed by atoms with van der Waals surface area (Å²) in [5.74, 6) is 0.468. The Morgan fingerprint density at radius 3 is 2.29 bits per heavy atom. The number of hydrogen-bond donors (Lipinski definition) is 0. The van der Waals surface area contributed by atoms with Crippen molar-refractivity contribution in [3.63, 3.8) is 0 Å². The first-order valence-electron chi connectivity index (χ1n) is 7.67. The van der Waals surface area contributed by atoms with Crippen molar-refractivity contribution in [1.29, 1.82) is 0 Å². The van der Waals surface area contributed by atoms with Gasteiger partial charge >= 0.3 is 0 Å². The summed E-state index contributed by atoms with van der Waals surface area (Å²) in [6.45, 7) is 4.80. The molecule has 1 saturated heterocycles. The number of piperidine rings is 1. The minimum atomic E-state index is -3.36. The number of hydrogen-bond acceptors (Lipinski definition) is 3. The monoisotopic (exact) mass is 310 g/mol. The summed E-state index contributed by atoms with van der Waals surface area (Å²) in [5.41, 5.74) is 1.16. The second kappa shape index (κ2) is 6.90. The lowest BCUT2D eigenvalue weighted by Crippen LogP contribution is -2.37. The molecule has 0 spiro atoms. The molecule has 1 heterocycles. The number of sulfonamides is 1. The van der Waals surface area contributed by atoms with Crippen LogP contribution in [0.4, 0.5) is 0 Å². The van der Waals surface area contributed by atoms with Crippen molar-refractivity contribution in [1.82, 2.24) is 9.21 Å². The predicted octanol–water partition coefficient (Wildman–Crippen LogP) is 2.21. The van der Waals surface area contributed by atoms with Crippen LogP contribution in [0.15, 0.2) is 29.2 Å². The Labute approximate surface area is 128 Å². The summed E-state index contributed by atoms with van der Waals surface area (Å²) in [5, 5.41) is 0. The van der Waals surface area contributed by atoms with E-state index in [0.29, 0.717) is 17.4 Å². The molecule has 1 aliphatic heterocycles. The van der Waals surface area contributed by atoms with Gasteiger partial charge in [-0.15, -0.1) is 0 Å². The molecule has 0 N–H and O–H groups in total. The standard InChI is InChI=1S/C16H26N2O2S/c1-4-14-5-7-16(8-6-14)21(19,20)18(3)13-15-9-11-17(2)12-10-15/h5-8,15H,4,9-13H2,1-3H3. The summed E-state index contributed by atoms with van der Waals surface area (Å²) >= 11 is 0. The van der Waals surface area contributed by atoms with Gasteiger partial charge < -0.3 is 4.90 Å². The van der Waals surface area contributed by atoms with Crippen molar-refractivity contribution < 1.29 is 8.42 Å². The first-order valence-corrected chi connectivity index (χ1v) is 9.11. The summed E-state index contributed by atoms with van der Waals surface area (Å²) < 4.78 is 26.7. The van der Waals surface area contributed by atoms with E-state index in [9.17, 15) is 8.42 Å². The van der Waals surface area contributed by atoms with Crippen molar-refractivity contribution in [2.75, 3.05) is 33.7 Å². The molecule has 0 aromatic heterocycles. The van der Waals surface area contributed by atoms with Crippen molar-refractivity contribution in [2.45, 2.75) is 31.1 Å². The topological polar surface area (TPSA) is 40.6 Å². The van der Waals surface area contributed by atoms with Crippen LogP contribution in [0.5, 0.6) is 0 Å². The van der Waals surface area contributed by atoms with Gasteiger partial charge in [0, 0.05) is 13.6 Å². The van der Waals surface area contributed by atoms with E-state index in [2.05, 4.69) is 18.9 Å². The van der Waals surface area contributed by atoms with Crippen LogP contribution < -0.4 is 0 Å². The molecule has 0 bridgehead atoms. The van der Waals surface area contributed by atoms with Gasteiger partial charge in [-0.3, -0.25) is 0 Å². The summed E-state index contributed by atoms with van der Waals surface area (Å²) in [4.78, 5) is 2.70. The van der Waals surface area contributed by atoms with Crippen LogP contribution in [-0.2, 0) is 16.4 Å². The van der Waals surface area contributed by atoms with E-state index in [1.54, 1.807) is 19.2 Å². The highest BCUT2D eigenvalue weighted by Crippen LogP contribution is 2.21. The van der Waals surface area contributed by atoms with Crippen LogP contribution >= 0.6 is 0 Å². The number of likely N-dealkylation sites (tertiary alicyclic amines) is 1. The Morgan fingerprint density at radius 2 is 1.76 bits per heavy atom. The summed E-state index contributed by atoms with van der Waals surface area (Å²) in [6.07, 6.45) is 3.07. The molecule has 118 valence electrons. The fourth-order valence-corrected chi connectivity index (χ4v) is 4.03. The van der Waals surface area contributed by atoms with Crippen LogP contribution in [-0.4, -0.2) is 51.4 Å². The number of aryl methyl sites for hydroxylation is 1. The van der Waals surface area contributed by atoms with Crippen molar-refractivity contribution in [3.05, 3.63) is 29.8 Å². The van der Waals surface area contributed by atoms with Crippen LogP contribution in [0.25, 0.3) is 0 Å². The smallest absolute Gasteiger partial charge is 0.242 e. The first-order chi connectivity index (χ1) is 9.93. The van der Waals surface area contributed by atoms with E-state index in [0.717, 1.165) is 37.9 Å². The summed E-state index contributed by atoms with van der Waals surface area (Å²) in [7, 11) is 0.456. The third kappa shape index (κ3) is 4.05. The minimum absolute atomic E-state index is 0.398. The number of nitrogens with zero attached hydrogens (tertiary/aromatic N) is 2. The first kappa shape index (κ1) is 16.5. The van der Waals surface area contributed by atoms with Crippen molar-refractivity contribution >= 4 is 10.0 Å². The molecule has 21 heavy (non-hydrogen) atoms. The van der Waals surface area contributed by atoms with Gasteiger partial charge in [-0.2, -0.15) is 0 Å². The Balaban J connectivity index is 2.03. The Hall–Kier alpha value is -0.910. The van der Waals surface area contributed by atoms with Crippen LogP contribution in [0, 0.1) is 5.92 Å². The molecule has 0 aliphatic carbocycles. The molecule has 1 aliphatic rings. The molecule has 0 saturated carbocycles. The van der Waals surface area contributed by atoms with Gasteiger partial charge in [0.25, 0.3) is 0 Å². The van der Waals surface area contributed by atoms with E-state index in [1.807, 2.05) is 12.1 Å². The van der Waals surface area contributed by atoms with E-state index in [1.165, 1.54) is 4.31 Å². The Morgan fingerprint density at radius 1 is 1.19 bits per heavy atom. The maximum absolute atomic E-state index is 12.6.